The van der Waals surface area contributed by atoms with Crippen LogP contribution in [0.4, 0.5) is 0 Å². The number of hydrogen-bond donors (Lipinski definition) is 0. The number of rotatable bonds is 2. The predicted octanol–water partition coefficient (Wildman–Crippen LogP) is 4.53. The molecule has 1 nitrogen and oxygen atoms in total. The second kappa shape index (κ2) is 4.67. The van der Waals surface area contributed by atoms with Crippen LogP contribution in [0, 0.1) is 0 Å². The van der Waals surface area contributed by atoms with Gasteiger partial charge in [0.2, 0.25) is 0 Å². The summed E-state index contributed by atoms with van der Waals surface area (Å²) in [5.41, 5.74) is 3.55. The number of nitrogens with zero attached hydrogens (tertiary/aromatic N) is 1. The summed E-state index contributed by atoms with van der Waals surface area (Å²) in [6.07, 6.45) is 3.80. The highest BCUT2D eigenvalue weighted by atomic mass is 35.5. The molecule has 0 aliphatic rings. The van der Waals surface area contributed by atoms with Crippen LogP contribution < -0.4 is 0 Å². The van der Waals surface area contributed by atoms with Crippen molar-refractivity contribution < 1.29 is 0 Å². The number of hydrogen-bond acceptors (Lipinski definition) is 1. The standard InChI is InChI=1S/C14H14ClN/c1-10(2)12-7-13(9-16-8-12)11-3-5-14(15)6-4-11/h3-10H,1-2H3. The molecule has 0 bridgehead atoms. The second-order valence-corrected chi connectivity index (χ2v) is 4.60. The quantitative estimate of drug-likeness (QED) is 0.740. The second-order valence-electron chi connectivity index (χ2n) is 4.17. The Morgan fingerprint density at radius 3 is 2.31 bits per heavy atom. The molecular weight excluding hydrogens is 218 g/mol. The van der Waals surface area contributed by atoms with Gasteiger partial charge in [0.05, 0.1) is 0 Å². The Morgan fingerprint density at radius 2 is 1.69 bits per heavy atom. The maximum Gasteiger partial charge on any atom is 0.0406 e. The molecule has 0 aliphatic carbocycles. The molecule has 2 heteroatoms. The average Bonchev–Trinajstić information content (AvgIpc) is 2.30. The molecule has 0 amide bonds. The lowest BCUT2D eigenvalue weighted by molar-refractivity contribution is 0.859. The molecule has 0 saturated heterocycles. The molecule has 1 aromatic heterocycles. The first-order chi connectivity index (χ1) is 7.66. The Balaban J connectivity index is 2.40. The van der Waals surface area contributed by atoms with E-state index in [1.807, 2.05) is 36.7 Å². The molecule has 2 rings (SSSR count). The molecule has 0 fully saturated rings. The van der Waals surface area contributed by atoms with Crippen LogP contribution in [0.3, 0.4) is 0 Å². The van der Waals surface area contributed by atoms with Gasteiger partial charge in [0.25, 0.3) is 0 Å². The van der Waals surface area contributed by atoms with E-state index in [4.69, 9.17) is 11.6 Å². The first kappa shape index (κ1) is 11.2. The lowest BCUT2D eigenvalue weighted by Gasteiger charge is -2.07. The van der Waals surface area contributed by atoms with E-state index in [2.05, 4.69) is 24.9 Å². The molecule has 0 saturated carbocycles. The van der Waals surface area contributed by atoms with Crippen molar-refractivity contribution >= 4 is 11.6 Å². The monoisotopic (exact) mass is 231 g/mol. The van der Waals surface area contributed by atoms with E-state index in [9.17, 15) is 0 Å². The summed E-state index contributed by atoms with van der Waals surface area (Å²) in [5.74, 6) is 0.500. The molecule has 0 spiro atoms. The van der Waals surface area contributed by atoms with Crippen LogP contribution in [0.2, 0.25) is 5.02 Å². The van der Waals surface area contributed by atoms with Crippen molar-refractivity contribution in [2.24, 2.45) is 0 Å². The third kappa shape index (κ3) is 2.42. The lowest BCUT2D eigenvalue weighted by Crippen LogP contribution is -1.89. The largest absolute Gasteiger partial charge is 0.264 e. The zero-order valence-corrected chi connectivity index (χ0v) is 10.2. The smallest absolute Gasteiger partial charge is 0.0406 e. The van der Waals surface area contributed by atoms with E-state index in [-0.39, 0.29) is 0 Å². The van der Waals surface area contributed by atoms with E-state index in [1.165, 1.54) is 5.56 Å². The molecule has 0 unspecified atom stereocenters. The van der Waals surface area contributed by atoms with Crippen molar-refractivity contribution in [1.82, 2.24) is 4.98 Å². The molecule has 1 aromatic carbocycles. The number of benzene rings is 1. The van der Waals surface area contributed by atoms with Gasteiger partial charge in [-0.25, -0.2) is 0 Å². The average molecular weight is 232 g/mol. The minimum atomic E-state index is 0.500. The van der Waals surface area contributed by atoms with Crippen LogP contribution >= 0.6 is 11.6 Å². The van der Waals surface area contributed by atoms with E-state index in [0.717, 1.165) is 16.1 Å². The van der Waals surface area contributed by atoms with E-state index in [0.29, 0.717) is 5.92 Å². The molecule has 0 N–H and O–H groups in total. The summed E-state index contributed by atoms with van der Waals surface area (Å²) >= 11 is 5.87. The zero-order valence-electron chi connectivity index (χ0n) is 9.44. The van der Waals surface area contributed by atoms with Gasteiger partial charge in [-0.1, -0.05) is 37.6 Å². The van der Waals surface area contributed by atoms with Gasteiger partial charge in [0.15, 0.2) is 0 Å². The fourth-order valence-electron chi connectivity index (χ4n) is 1.57. The minimum absolute atomic E-state index is 0.500. The van der Waals surface area contributed by atoms with Crippen LogP contribution in [0.15, 0.2) is 42.7 Å². The van der Waals surface area contributed by atoms with Crippen LogP contribution in [0.1, 0.15) is 25.3 Å². The highest BCUT2D eigenvalue weighted by Crippen LogP contribution is 2.23. The maximum atomic E-state index is 5.87. The SMILES string of the molecule is CC(C)c1cncc(-c2ccc(Cl)cc2)c1. The summed E-state index contributed by atoms with van der Waals surface area (Å²) in [4.78, 5) is 4.27. The molecular formula is C14H14ClN. The number of halogens is 1. The van der Waals surface area contributed by atoms with E-state index < -0.39 is 0 Å². The Labute approximate surface area is 101 Å². The highest BCUT2D eigenvalue weighted by molar-refractivity contribution is 6.30. The molecule has 0 radical (unpaired) electrons. The molecule has 2 aromatic rings. The third-order valence-corrected chi connectivity index (χ3v) is 2.86. The van der Waals surface area contributed by atoms with Gasteiger partial charge < -0.3 is 0 Å². The van der Waals surface area contributed by atoms with Gasteiger partial charge in [-0.15, -0.1) is 0 Å². The Bertz CT molecular complexity index is 474. The van der Waals surface area contributed by atoms with Crippen molar-refractivity contribution in [2.75, 3.05) is 0 Å². The van der Waals surface area contributed by atoms with Gasteiger partial charge in [0.1, 0.15) is 0 Å². The van der Waals surface area contributed by atoms with Crippen LogP contribution in [0.25, 0.3) is 11.1 Å². The van der Waals surface area contributed by atoms with Crippen LogP contribution in [-0.2, 0) is 0 Å². The topological polar surface area (TPSA) is 12.9 Å². The van der Waals surface area contributed by atoms with Crippen molar-refractivity contribution in [2.45, 2.75) is 19.8 Å². The van der Waals surface area contributed by atoms with Gasteiger partial charge in [-0.3, -0.25) is 4.98 Å². The van der Waals surface area contributed by atoms with Gasteiger partial charge in [-0.2, -0.15) is 0 Å². The van der Waals surface area contributed by atoms with E-state index in [1.54, 1.807) is 0 Å². The van der Waals surface area contributed by atoms with Gasteiger partial charge in [-0.05, 0) is 35.2 Å². The van der Waals surface area contributed by atoms with Gasteiger partial charge >= 0.3 is 0 Å². The lowest BCUT2D eigenvalue weighted by atomic mass is 10.0. The van der Waals surface area contributed by atoms with Crippen molar-refractivity contribution in [3.05, 3.63) is 53.3 Å². The molecule has 16 heavy (non-hydrogen) atoms. The summed E-state index contributed by atoms with van der Waals surface area (Å²) in [7, 11) is 0. The summed E-state index contributed by atoms with van der Waals surface area (Å²) in [6, 6.07) is 10.0. The van der Waals surface area contributed by atoms with Gasteiger partial charge in [0, 0.05) is 23.0 Å². The third-order valence-electron chi connectivity index (χ3n) is 2.60. The van der Waals surface area contributed by atoms with Crippen molar-refractivity contribution in [1.29, 1.82) is 0 Å². The first-order valence-electron chi connectivity index (χ1n) is 5.37. The minimum Gasteiger partial charge on any atom is -0.264 e. The number of aromatic nitrogens is 1. The van der Waals surface area contributed by atoms with Crippen LogP contribution in [-0.4, -0.2) is 4.98 Å². The van der Waals surface area contributed by atoms with Crippen LogP contribution in [0.5, 0.6) is 0 Å². The maximum absolute atomic E-state index is 5.87. The molecule has 0 aliphatic heterocycles. The number of pyridine rings is 1. The normalized spacial score (nSPS) is 10.8. The molecule has 82 valence electrons. The van der Waals surface area contributed by atoms with Crippen molar-refractivity contribution in [3.63, 3.8) is 0 Å². The van der Waals surface area contributed by atoms with Crippen molar-refractivity contribution in [3.8, 4) is 11.1 Å². The first-order valence-corrected chi connectivity index (χ1v) is 5.75. The summed E-state index contributed by atoms with van der Waals surface area (Å²) in [5, 5.41) is 0.761. The summed E-state index contributed by atoms with van der Waals surface area (Å²) < 4.78 is 0. The Kier molecular flexibility index (Phi) is 3.25. The molecule has 1 heterocycles. The zero-order chi connectivity index (χ0) is 11.5. The Morgan fingerprint density at radius 1 is 1.00 bits per heavy atom. The summed E-state index contributed by atoms with van der Waals surface area (Å²) in [6.45, 7) is 4.34. The molecule has 0 atom stereocenters. The fourth-order valence-corrected chi connectivity index (χ4v) is 1.70. The predicted molar refractivity (Wildman–Crippen MR) is 68.8 cm³/mol. The fraction of sp³-hybridized carbons (Fsp3) is 0.214. The van der Waals surface area contributed by atoms with E-state index >= 15 is 0 Å². The Hall–Kier alpha value is -1.34. The highest BCUT2D eigenvalue weighted by Gasteiger charge is 2.03.